The van der Waals surface area contributed by atoms with Crippen LogP contribution in [-0.2, 0) is 23.0 Å². The number of hydrogen-bond donors (Lipinski definition) is 2. The lowest BCUT2D eigenvalue weighted by Crippen LogP contribution is -2.34. The van der Waals surface area contributed by atoms with Crippen LogP contribution in [0.3, 0.4) is 0 Å². The number of aryl methyl sites for hydroxylation is 1. The van der Waals surface area contributed by atoms with E-state index >= 15 is 0 Å². The first-order chi connectivity index (χ1) is 9.92. The second-order valence-electron chi connectivity index (χ2n) is 5.11. The van der Waals surface area contributed by atoms with Crippen LogP contribution >= 0.6 is 0 Å². The molecule has 0 saturated heterocycles. The van der Waals surface area contributed by atoms with Crippen molar-refractivity contribution in [1.82, 2.24) is 4.72 Å². The van der Waals surface area contributed by atoms with E-state index in [9.17, 15) is 8.42 Å². The third-order valence-corrected chi connectivity index (χ3v) is 4.95. The number of sulfonamides is 1. The minimum absolute atomic E-state index is 0.262. The maximum atomic E-state index is 12.5. The third-order valence-electron chi connectivity index (χ3n) is 3.22. The molecule has 0 spiro atoms. The van der Waals surface area contributed by atoms with Crippen LogP contribution in [0.15, 0.2) is 45.9 Å². The van der Waals surface area contributed by atoms with Crippen molar-refractivity contribution in [3.63, 3.8) is 0 Å². The van der Waals surface area contributed by atoms with Crippen molar-refractivity contribution < 1.29 is 12.8 Å². The van der Waals surface area contributed by atoms with Crippen LogP contribution in [-0.4, -0.2) is 14.5 Å². The van der Waals surface area contributed by atoms with E-state index in [0.29, 0.717) is 18.5 Å². The number of benzene rings is 1. The summed E-state index contributed by atoms with van der Waals surface area (Å²) in [6.07, 6.45) is 2.08. The zero-order chi connectivity index (χ0) is 15.5. The van der Waals surface area contributed by atoms with Crippen LogP contribution in [0.2, 0.25) is 0 Å². The number of nitrogens with two attached hydrogens (primary N) is 1. The molecule has 1 atom stereocenters. The van der Waals surface area contributed by atoms with Gasteiger partial charge >= 0.3 is 0 Å². The van der Waals surface area contributed by atoms with Gasteiger partial charge in [0.25, 0.3) is 0 Å². The van der Waals surface area contributed by atoms with E-state index in [0.717, 1.165) is 11.3 Å². The van der Waals surface area contributed by atoms with Gasteiger partial charge in [0.1, 0.15) is 5.76 Å². The highest BCUT2D eigenvalue weighted by atomic mass is 32.2. The summed E-state index contributed by atoms with van der Waals surface area (Å²) in [7, 11) is -3.57. The van der Waals surface area contributed by atoms with Gasteiger partial charge in [-0.15, -0.1) is 0 Å². The molecule has 1 unspecified atom stereocenters. The first kappa shape index (κ1) is 15.8. The lowest BCUT2D eigenvalue weighted by Gasteiger charge is -2.15. The molecule has 3 N–H and O–H groups in total. The van der Waals surface area contributed by atoms with Gasteiger partial charge in [-0.25, -0.2) is 13.1 Å². The first-order valence-electron chi connectivity index (χ1n) is 6.76. The van der Waals surface area contributed by atoms with Crippen LogP contribution < -0.4 is 10.5 Å². The average molecular weight is 308 g/mol. The molecule has 0 aliphatic rings. The molecule has 0 radical (unpaired) electrons. The van der Waals surface area contributed by atoms with Crippen LogP contribution in [0.4, 0.5) is 0 Å². The molecule has 2 aromatic rings. The van der Waals surface area contributed by atoms with Crippen LogP contribution in [0, 0.1) is 6.92 Å². The zero-order valence-corrected chi connectivity index (χ0v) is 13.0. The summed E-state index contributed by atoms with van der Waals surface area (Å²) in [5, 5.41) is 0. The molecule has 0 fully saturated rings. The lowest BCUT2D eigenvalue weighted by molar-refractivity contribution is 0.479. The Labute approximate surface area is 125 Å². The van der Waals surface area contributed by atoms with E-state index in [1.165, 1.54) is 0 Å². The fourth-order valence-corrected chi connectivity index (χ4v) is 3.70. The van der Waals surface area contributed by atoms with Crippen LogP contribution in [0.5, 0.6) is 0 Å². The molecule has 1 aromatic carbocycles. The summed E-state index contributed by atoms with van der Waals surface area (Å²) >= 11 is 0. The smallest absolute Gasteiger partial charge is 0.241 e. The van der Waals surface area contributed by atoms with E-state index in [-0.39, 0.29) is 10.9 Å². The van der Waals surface area contributed by atoms with Gasteiger partial charge in [0.2, 0.25) is 10.0 Å². The maximum Gasteiger partial charge on any atom is 0.241 e. The summed E-state index contributed by atoms with van der Waals surface area (Å²) in [6.45, 7) is 3.89. The molecule has 0 saturated carbocycles. The number of rotatable bonds is 6. The molecule has 0 aliphatic carbocycles. The zero-order valence-electron chi connectivity index (χ0n) is 12.2. The van der Waals surface area contributed by atoms with Gasteiger partial charge in [-0.2, -0.15) is 0 Å². The second kappa shape index (κ2) is 6.43. The quantitative estimate of drug-likeness (QED) is 0.854. The van der Waals surface area contributed by atoms with Crippen molar-refractivity contribution in [3.8, 4) is 0 Å². The van der Waals surface area contributed by atoms with Gasteiger partial charge in [0, 0.05) is 19.0 Å². The number of furan rings is 1. The second-order valence-corrected chi connectivity index (χ2v) is 6.79. The molecule has 0 amide bonds. The van der Waals surface area contributed by atoms with E-state index in [4.69, 9.17) is 10.2 Å². The van der Waals surface area contributed by atoms with Gasteiger partial charge in [0.15, 0.2) is 0 Å². The molecule has 114 valence electrons. The van der Waals surface area contributed by atoms with Gasteiger partial charge in [-0.3, -0.25) is 0 Å². The molecule has 2 rings (SSSR count). The van der Waals surface area contributed by atoms with Crippen molar-refractivity contribution >= 4 is 10.0 Å². The van der Waals surface area contributed by atoms with Crippen molar-refractivity contribution in [2.45, 2.75) is 37.8 Å². The molecule has 1 aromatic heterocycles. The van der Waals surface area contributed by atoms with Crippen molar-refractivity contribution in [1.29, 1.82) is 0 Å². The molecule has 5 nitrogen and oxygen atoms in total. The summed E-state index contributed by atoms with van der Waals surface area (Å²) in [5.41, 5.74) is 7.07. The van der Waals surface area contributed by atoms with Crippen LogP contribution in [0.25, 0.3) is 0 Å². The highest BCUT2D eigenvalue weighted by Crippen LogP contribution is 2.18. The summed E-state index contributed by atoms with van der Waals surface area (Å²) in [5.74, 6) is 0.748. The minimum Gasteiger partial charge on any atom is -0.469 e. The predicted molar refractivity (Wildman–Crippen MR) is 81.3 cm³/mol. The normalized spacial score (nSPS) is 13.3. The monoisotopic (exact) mass is 308 g/mol. The molecular formula is C15H20N2O3S. The summed E-state index contributed by atoms with van der Waals surface area (Å²) < 4.78 is 32.9. The molecular weight excluding hydrogens is 288 g/mol. The van der Waals surface area contributed by atoms with E-state index in [1.807, 2.05) is 19.1 Å². The van der Waals surface area contributed by atoms with Crippen molar-refractivity contribution in [2.24, 2.45) is 5.73 Å². The third kappa shape index (κ3) is 3.93. The van der Waals surface area contributed by atoms with Crippen molar-refractivity contribution in [2.75, 3.05) is 0 Å². The standard InChI is InChI=1S/C15H20N2O3S/c1-11-5-6-13(10-16)9-15(11)21(18,19)17-12(2)8-14-4-3-7-20-14/h3-7,9,12,17H,8,10,16H2,1-2H3. The molecule has 1 heterocycles. The van der Waals surface area contributed by atoms with Crippen LogP contribution in [0.1, 0.15) is 23.8 Å². The maximum absolute atomic E-state index is 12.5. The van der Waals surface area contributed by atoms with Gasteiger partial charge in [-0.05, 0) is 43.2 Å². The Kier molecular flexibility index (Phi) is 4.82. The average Bonchev–Trinajstić information content (AvgIpc) is 2.91. The van der Waals surface area contributed by atoms with E-state index < -0.39 is 10.0 Å². The fourth-order valence-electron chi connectivity index (χ4n) is 2.16. The Morgan fingerprint density at radius 1 is 1.33 bits per heavy atom. The summed E-state index contributed by atoms with van der Waals surface area (Å²) in [6, 6.07) is 8.57. The fraction of sp³-hybridized carbons (Fsp3) is 0.333. The number of nitrogens with one attached hydrogen (secondary N) is 1. The molecule has 21 heavy (non-hydrogen) atoms. The largest absolute Gasteiger partial charge is 0.469 e. The SMILES string of the molecule is Cc1ccc(CN)cc1S(=O)(=O)NC(C)Cc1ccco1. The molecule has 0 bridgehead atoms. The predicted octanol–water partition coefficient (Wildman–Crippen LogP) is 1.96. The van der Waals surface area contributed by atoms with E-state index in [2.05, 4.69) is 4.72 Å². The Hall–Kier alpha value is -1.63. The van der Waals surface area contributed by atoms with Gasteiger partial charge < -0.3 is 10.2 Å². The Balaban J connectivity index is 2.18. The Bertz CT molecular complexity index is 694. The van der Waals surface area contributed by atoms with E-state index in [1.54, 1.807) is 31.4 Å². The molecule has 0 aliphatic heterocycles. The Morgan fingerprint density at radius 3 is 2.71 bits per heavy atom. The Morgan fingerprint density at radius 2 is 2.10 bits per heavy atom. The topological polar surface area (TPSA) is 85.3 Å². The van der Waals surface area contributed by atoms with Gasteiger partial charge in [-0.1, -0.05) is 12.1 Å². The highest BCUT2D eigenvalue weighted by Gasteiger charge is 2.20. The lowest BCUT2D eigenvalue weighted by atomic mass is 10.1. The minimum atomic E-state index is -3.57. The van der Waals surface area contributed by atoms with Gasteiger partial charge in [0.05, 0.1) is 11.2 Å². The first-order valence-corrected chi connectivity index (χ1v) is 8.25. The summed E-state index contributed by atoms with van der Waals surface area (Å²) in [4.78, 5) is 0.275. The number of hydrogen-bond acceptors (Lipinski definition) is 4. The molecule has 6 heteroatoms. The van der Waals surface area contributed by atoms with Crippen molar-refractivity contribution in [3.05, 3.63) is 53.5 Å². The highest BCUT2D eigenvalue weighted by molar-refractivity contribution is 7.89.